The number of rotatable bonds is 9. The highest BCUT2D eigenvalue weighted by atomic mass is 127. The number of hydrogen-bond donors (Lipinski definition) is 1. The Bertz CT molecular complexity index is 1480. The van der Waals surface area contributed by atoms with Gasteiger partial charge in [0.05, 0.1) is 22.2 Å². The van der Waals surface area contributed by atoms with Gasteiger partial charge >= 0.3 is 5.97 Å². The summed E-state index contributed by atoms with van der Waals surface area (Å²) in [6.07, 6.45) is 0.639. The molecule has 0 fully saturated rings. The number of fused-ring (bicyclic) bond motifs is 1. The van der Waals surface area contributed by atoms with E-state index in [1.165, 1.54) is 28.0 Å². The van der Waals surface area contributed by atoms with E-state index in [4.69, 9.17) is 28.3 Å². The number of hydrogen-bond acceptors (Lipinski definition) is 5. The molecule has 0 aliphatic carbocycles. The first-order chi connectivity index (χ1) is 19.0. The van der Waals surface area contributed by atoms with Gasteiger partial charge in [-0.3, -0.25) is 24.5 Å². The molecule has 0 radical (unpaired) electrons. The second-order valence-corrected chi connectivity index (χ2v) is 11.4. The Balaban J connectivity index is 1.91. The molecule has 9 nitrogen and oxygen atoms in total. The first-order valence-corrected chi connectivity index (χ1v) is 14.2. The lowest BCUT2D eigenvalue weighted by Gasteiger charge is -2.36. The number of carboxylic acids is 1. The molecule has 3 aromatic carbocycles. The lowest BCUT2D eigenvalue weighted by molar-refractivity contribution is -0.384. The Hall–Kier alpha value is -3.22. The zero-order valence-corrected chi connectivity index (χ0v) is 24.9. The van der Waals surface area contributed by atoms with Crippen LogP contribution in [0.5, 0.6) is 0 Å². The third-order valence-electron chi connectivity index (χ3n) is 6.77. The number of nitrogens with zero attached hydrogens (tertiary/aromatic N) is 3. The highest BCUT2D eigenvalue weighted by Gasteiger charge is 2.43. The second kappa shape index (κ2) is 12.5. The number of benzene rings is 3. The van der Waals surface area contributed by atoms with Gasteiger partial charge in [-0.15, -0.1) is 0 Å². The van der Waals surface area contributed by atoms with Crippen LogP contribution in [-0.2, 0) is 9.59 Å². The molecular formula is C28H24Cl2IN3O6. The van der Waals surface area contributed by atoms with Crippen molar-refractivity contribution < 1.29 is 24.4 Å². The van der Waals surface area contributed by atoms with E-state index in [-0.39, 0.29) is 29.2 Å². The maximum Gasteiger partial charge on any atom is 0.303 e. The Morgan fingerprint density at radius 1 is 1.07 bits per heavy atom. The van der Waals surface area contributed by atoms with Gasteiger partial charge in [-0.05, 0) is 89.9 Å². The monoisotopic (exact) mass is 695 g/mol. The SMILES string of the molecule is CC(c1ccc(Cl)cc1)N1C(=O)c2cc(I)ccc2N(CCCCC(=O)O)C(=O)C1c1ccc(Cl)c([N+](=O)[O-])c1. The number of aliphatic carboxylic acids is 1. The molecule has 0 saturated heterocycles. The number of carboxylic acid groups (broad SMARTS) is 1. The lowest BCUT2D eigenvalue weighted by atomic mass is 9.98. The first kappa shape index (κ1) is 29.8. The van der Waals surface area contributed by atoms with Crippen LogP contribution in [0, 0.1) is 13.7 Å². The summed E-state index contributed by atoms with van der Waals surface area (Å²) in [4.78, 5) is 53.8. The number of amides is 2. The van der Waals surface area contributed by atoms with E-state index < -0.39 is 34.8 Å². The van der Waals surface area contributed by atoms with Crippen LogP contribution in [-0.4, -0.2) is 39.3 Å². The van der Waals surface area contributed by atoms with Crippen LogP contribution in [0.2, 0.25) is 10.0 Å². The quantitative estimate of drug-likeness (QED) is 0.111. The number of nitro groups is 1. The van der Waals surface area contributed by atoms with Crippen molar-refractivity contribution in [3.8, 4) is 0 Å². The molecule has 2 amide bonds. The average Bonchev–Trinajstić information content (AvgIpc) is 2.99. The van der Waals surface area contributed by atoms with Crippen LogP contribution in [0.1, 0.15) is 59.8 Å². The van der Waals surface area contributed by atoms with Crippen molar-refractivity contribution in [2.24, 2.45) is 0 Å². The molecule has 40 heavy (non-hydrogen) atoms. The number of halogens is 3. The Kier molecular flexibility index (Phi) is 9.32. The minimum absolute atomic E-state index is 0.0625. The van der Waals surface area contributed by atoms with Crippen LogP contribution < -0.4 is 4.90 Å². The Morgan fingerprint density at radius 2 is 1.77 bits per heavy atom. The Labute approximate surface area is 254 Å². The van der Waals surface area contributed by atoms with Gasteiger partial charge in [0.25, 0.3) is 17.5 Å². The normalized spacial score (nSPS) is 15.9. The average molecular weight is 696 g/mol. The third-order valence-corrected chi connectivity index (χ3v) is 8.01. The van der Waals surface area contributed by atoms with Crippen molar-refractivity contribution in [1.82, 2.24) is 4.90 Å². The molecule has 12 heteroatoms. The van der Waals surface area contributed by atoms with Gasteiger partial charge in [0.2, 0.25) is 0 Å². The molecule has 0 spiro atoms. The van der Waals surface area contributed by atoms with Crippen molar-refractivity contribution in [1.29, 1.82) is 0 Å². The lowest BCUT2D eigenvalue weighted by Crippen LogP contribution is -2.44. The minimum atomic E-state index is -1.24. The summed E-state index contributed by atoms with van der Waals surface area (Å²) in [5.41, 5.74) is 1.24. The van der Waals surface area contributed by atoms with E-state index in [1.54, 1.807) is 49.4 Å². The zero-order chi connectivity index (χ0) is 29.1. The molecule has 1 heterocycles. The molecule has 2 atom stereocenters. The summed E-state index contributed by atoms with van der Waals surface area (Å²) in [5.74, 6) is -1.84. The first-order valence-electron chi connectivity index (χ1n) is 12.3. The number of unbranched alkanes of at least 4 members (excludes halogenated alkanes) is 1. The number of carbonyl (C=O) groups is 3. The summed E-state index contributed by atoms with van der Waals surface area (Å²) < 4.78 is 0.780. The van der Waals surface area contributed by atoms with E-state index in [2.05, 4.69) is 22.6 Å². The fraction of sp³-hybridized carbons (Fsp3) is 0.250. The highest BCUT2D eigenvalue weighted by Crippen LogP contribution is 2.41. The fourth-order valence-electron chi connectivity index (χ4n) is 4.78. The number of carbonyl (C=O) groups excluding carboxylic acids is 2. The van der Waals surface area contributed by atoms with Crippen molar-refractivity contribution in [3.05, 3.63) is 101 Å². The summed E-state index contributed by atoms with van der Waals surface area (Å²) in [6, 6.07) is 14.3. The van der Waals surface area contributed by atoms with Gasteiger partial charge in [-0.2, -0.15) is 0 Å². The van der Waals surface area contributed by atoms with Gasteiger partial charge in [0.1, 0.15) is 11.1 Å². The number of anilines is 1. The summed E-state index contributed by atoms with van der Waals surface area (Å²) in [5, 5.41) is 21.2. The van der Waals surface area contributed by atoms with Gasteiger partial charge in [0, 0.05) is 27.6 Å². The van der Waals surface area contributed by atoms with Crippen LogP contribution in [0.4, 0.5) is 11.4 Å². The van der Waals surface area contributed by atoms with Crippen LogP contribution in [0.15, 0.2) is 60.7 Å². The smallest absolute Gasteiger partial charge is 0.303 e. The molecule has 1 aliphatic heterocycles. The van der Waals surface area contributed by atoms with E-state index in [9.17, 15) is 24.5 Å². The van der Waals surface area contributed by atoms with Crippen LogP contribution >= 0.6 is 45.8 Å². The fourth-order valence-corrected chi connectivity index (χ4v) is 5.58. The van der Waals surface area contributed by atoms with Crippen molar-refractivity contribution in [2.75, 3.05) is 11.4 Å². The maximum atomic E-state index is 14.4. The molecule has 1 N–H and O–H groups in total. The zero-order valence-electron chi connectivity index (χ0n) is 21.2. The van der Waals surface area contributed by atoms with E-state index >= 15 is 0 Å². The van der Waals surface area contributed by atoms with Gasteiger partial charge in [-0.1, -0.05) is 41.4 Å². The molecule has 2 unspecified atom stereocenters. The molecular weight excluding hydrogens is 672 g/mol. The van der Waals surface area contributed by atoms with Crippen LogP contribution in [0.3, 0.4) is 0 Å². The van der Waals surface area contributed by atoms with Gasteiger partial charge in [0.15, 0.2) is 0 Å². The van der Waals surface area contributed by atoms with Crippen molar-refractivity contribution in [2.45, 2.75) is 38.3 Å². The van der Waals surface area contributed by atoms with Gasteiger partial charge in [-0.25, -0.2) is 0 Å². The van der Waals surface area contributed by atoms with E-state index in [0.29, 0.717) is 34.7 Å². The molecule has 0 aromatic heterocycles. The maximum absolute atomic E-state index is 14.4. The topological polar surface area (TPSA) is 121 Å². The number of nitro benzene ring substituents is 1. The third kappa shape index (κ3) is 6.24. The summed E-state index contributed by atoms with van der Waals surface area (Å²) in [7, 11) is 0. The second-order valence-electron chi connectivity index (χ2n) is 9.31. The molecule has 3 aromatic rings. The van der Waals surface area contributed by atoms with Crippen molar-refractivity contribution in [3.63, 3.8) is 0 Å². The molecule has 4 rings (SSSR count). The standard InChI is InChI=1S/C28H24Cl2IN3O6/c1-16(17-5-8-19(29)9-6-17)33-26(18-7-11-22(30)24(14-18)34(39)40)28(38)32(13-3-2-4-25(35)36)23-12-10-20(31)15-21(23)27(33)37/h5-12,14-16,26H,2-4,13H2,1H3,(H,35,36). The minimum Gasteiger partial charge on any atom is -0.481 e. The summed E-state index contributed by atoms with van der Waals surface area (Å²) >= 11 is 14.3. The molecule has 208 valence electrons. The van der Waals surface area contributed by atoms with Gasteiger partial charge < -0.3 is 14.9 Å². The van der Waals surface area contributed by atoms with Crippen molar-refractivity contribution >= 4 is 75.0 Å². The predicted octanol–water partition coefficient (Wildman–Crippen LogP) is 7.05. The predicted molar refractivity (Wildman–Crippen MR) is 160 cm³/mol. The molecule has 0 bridgehead atoms. The van der Waals surface area contributed by atoms with Crippen LogP contribution in [0.25, 0.3) is 0 Å². The molecule has 0 saturated carbocycles. The largest absolute Gasteiger partial charge is 0.481 e. The van der Waals surface area contributed by atoms with E-state index in [0.717, 1.165) is 3.57 Å². The summed E-state index contributed by atoms with van der Waals surface area (Å²) in [6.45, 7) is 1.93. The van der Waals surface area contributed by atoms with E-state index in [1.807, 2.05) is 0 Å². The highest BCUT2D eigenvalue weighted by molar-refractivity contribution is 14.1. The molecule has 1 aliphatic rings. The Morgan fingerprint density at radius 3 is 2.42 bits per heavy atom.